The molecule has 2 amide bonds. The molecule has 0 saturated carbocycles. The fraction of sp³-hybridized carbons (Fsp3) is 0.579. The SMILES string of the molecule is CS(=O)(=O)N1CCN(C(=O)CCC(=O)N2CCN(c3ccccc3)CC2)CC1. The standard InChI is InChI=1S/C19H28N4O4S/c1-28(26,27)23-15-13-22(14-16-23)19(25)8-7-18(24)21-11-9-20(10-12-21)17-5-3-2-4-6-17/h2-6H,7-16H2,1H3. The molecule has 2 fully saturated rings. The van der Waals surface area contributed by atoms with Crippen LogP contribution in [0, 0.1) is 0 Å². The molecule has 8 nitrogen and oxygen atoms in total. The Morgan fingerprint density at radius 2 is 1.25 bits per heavy atom. The average molecular weight is 409 g/mol. The summed E-state index contributed by atoms with van der Waals surface area (Å²) in [6.45, 7) is 4.31. The van der Waals surface area contributed by atoms with E-state index in [2.05, 4.69) is 17.0 Å². The zero-order valence-electron chi connectivity index (χ0n) is 16.3. The lowest BCUT2D eigenvalue weighted by molar-refractivity contribution is -0.137. The largest absolute Gasteiger partial charge is 0.368 e. The van der Waals surface area contributed by atoms with Crippen LogP contribution in [0.1, 0.15) is 12.8 Å². The van der Waals surface area contributed by atoms with E-state index in [1.165, 1.54) is 10.6 Å². The van der Waals surface area contributed by atoms with E-state index in [9.17, 15) is 18.0 Å². The van der Waals surface area contributed by atoms with Gasteiger partial charge in [-0.2, -0.15) is 4.31 Å². The zero-order valence-corrected chi connectivity index (χ0v) is 17.1. The lowest BCUT2D eigenvalue weighted by Gasteiger charge is -2.36. The van der Waals surface area contributed by atoms with E-state index < -0.39 is 10.0 Å². The van der Waals surface area contributed by atoms with E-state index in [4.69, 9.17) is 0 Å². The minimum atomic E-state index is -3.21. The molecule has 1 aromatic rings. The van der Waals surface area contributed by atoms with E-state index in [-0.39, 0.29) is 24.7 Å². The maximum atomic E-state index is 12.5. The number of piperazine rings is 2. The molecule has 154 valence electrons. The van der Waals surface area contributed by atoms with Crippen molar-refractivity contribution >= 4 is 27.5 Å². The summed E-state index contributed by atoms with van der Waals surface area (Å²) in [6, 6.07) is 10.1. The van der Waals surface area contributed by atoms with Crippen LogP contribution in [0.2, 0.25) is 0 Å². The number of hydrogen-bond donors (Lipinski definition) is 0. The van der Waals surface area contributed by atoms with Crippen LogP contribution in [0.5, 0.6) is 0 Å². The van der Waals surface area contributed by atoms with Crippen LogP contribution in [0.15, 0.2) is 30.3 Å². The van der Waals surface area contributed by atoms with E-state index in [1.54, 1.807) is 4.90 Å². The van der Waals surface area contributed by atoms with Gasteiger partial charge >= 0.3 is 0 Å². The lowest BCUT2D eigenvalue weighted by Crippen LogP contribution is -2.51. The Bertz CT molecular complexity index is 783. The molecule has 0 radical (unpaired) electrons. The maximum absolute atomic E-state index is 12.5. The molecule has 0 spiro atoms. The fourth-order valence-electron chi connectivity index (χ4n) is 3.65. The number of hydrogen-bond acceptors (Lipinski definition) is 5. The van der Waals surface area contributed by atoms with Crippen LogP contribution in [-0.4, -0.2) is 93.0 Å². The highest BCUT2D eigenvalue weighted by Crippen LogP contribution is 2.16. The van der Waals surface area contributed by atoms with Gasteiger partial charge in [0.05, 0.1) is 6.26 Å². The van der Waals surface area contributed by atoms with Crippen molar-refractivity contribution in [2.24, 2.45) is 0 Å². The van der Waals surface area contributed by atoms with Gasteiger partial charge in [-0.25, -0.2) is 8.42 Å². The second kappa shape index (κ2) is 8.91. The molecule has 0 atom stereocenters. The first-order chi connectivity index (χ1) is 13.3. The minimum absolute atomic E-state index is 0.0100. The average Bonchev–Trinajstić information content (AvgIpc) is 2.72. The zero-order chi connectivity index (χ0) is 20.1. The van der Waals surface area contributed by atoms with E-state index >= 15 is 0 Å². The van der Waals surface area contributed by atoms with Crippen molar-refractivity contribution in [3.05, 3.63) is 30.3 Å². The van der Waals surface area contributed by atoms with Crippen molar-refractivity contribution in [1.82, 2.24) is 14.1 Å². The number of carbonyl (C=O) groups excluding carboxylic acids is 2. The second-order valence-electron chi connectivity index (χ2n) is 7.25. The first-order valence-corrected chi connectivity index (χ1v) is 11.5. The van der Waals surface area contributed by atoms with E-state index in [0.29, 0.717) is 39.3 Å². The molecule has 0 aliphatic carbocycles. The molecular formula is C19H28N4O4S. The third kappa shape index (κ3) is 5.23. The van der Waals surface area contributed by atoms with Crippen molar-refractivity contribution in [3.63, 3.8) is 0 Å². The quantitative estimate of drug-likeness (QED) is 0.696. The van der Waals surface area contributed by atoms with Gasteiger partial charge in [0.25, 0.3) is 0 Å². The highest BCUT2D eigenvalue weighted by atomic mass is 32.2. The number of sulfonamides is 1. The van der Waals surface area contributed by atoms with Gasteiger partial charge in [0, 0.05) is 70.9 Å². The number of rotatable bonds is 5. The van der Waals surface area contributed by atoms with Crippen molar-refractivity contribution in [2.45, 2.75) is 12.8 Å². The summed E-state index contributed by atoms with van der Waals surface area (Å²) < 4.78 is 24.5. The summed E-state index contributed by atoms with van der Waals surface area (Å²) in [7, 11) is -3.21. The number of amides is 2. The highest BCUT2D eigenvalue weighted by Gasteiger charge is 2.27. The fourth-order valence-corrected chi connectivity index (χ4v) is 4.48. The van der Waals surface area contributed by atoms with Crippen LogP contribution in [0.4, 0.5) is 5.69 Å². The molecular weight excluding hydrogens is 380 g/mol. The summed E-state index contributed by atoms with van der Waals surface area (Å²) in [5.41, 5.74) is 1.16. The van der Waals surface area contributed by atoms with Gasteiger partial charge in [-0.1, -0.05) is 18.2 Å². The van der Waals surface area contributed by atoms with Gasteiger partial charge in [-0.05, 0) is 12.1 Å². The third-order valence-electron chi connectivity index (χ3n) is 5.37. The normalized spacial score (nSPS) is 19.0. The molecule has 2 aliphatic heterocycles. The molecule has 0 bridgehead atoms. The topological polar surface area (TPSA) is 81.2 Å². The van der Waals surface area contributed by atoms with E-state index in [1.807, 2.05) is 23.1 Å². The Kier molecular flexibility index (Phi) is 6.56. The molecule has 2 aliphatic rings. The van der Waals surface area contributed by atoms with Crippen molar-refractivity contribution in [3.8, 4) is 0 Å². The van der Waals surface area contributed by atoms with E-state index in [0.717, 1.165) is 18.8 Å². The highest BCUT2D eigenvalue weighted by molar-refractivity contribution is 7.88. The molecule has 3 rings (SSSR count). The molecule has 2 saturated heterocycles. The van der Waals surface area contributed by atoms with Gasteiger partial charge < -0.3 is 14.7 Å². The molecule has 2 heterocycles. The van der Waals surface area contributed by atoms with Crippen LogP contribution < -0.4 is 4.90 Å². The number of benzene rings is 1. The van der Waals surface area contributed by atoms with Gasteiger partial charge in [0.2, 0.25) is 21.8 Å². The van der Waals surface area contributed by atoms with Crippen LogP contribution in [0.3, 0.4) is 0 Å². The third-order valence-corrected chi connectivity index (χ3v) is 6.67. The molecule has 0 N–H and O–H groups in total. The first kappa shape index (κ1) is 20.6. The summed E-state index contributed by atoms with van der Waals surface area (Å²) in [5.74, 6) is -0.0692. The summed E-state index contributed by atoms with van der Waals surface area (Å²) in [6.07, 6.45) is 1.56. The smallest absolute Gasteiger partial charge is 0.223 e. The van der Waals surface area contributed by atoms with Crippen LogP contribution in [0.25, 0.3) is 0 Å². The molecule has 1 aromatic carbocycles. The predicted molar refractivity (Wildman–Crippen MR) is 107 cm³/mol. The predicted octanol–water partition coefficient (Wildman–Crippen LogP) is 0.219. The Morgan fingerprint density at radius 3 is 1.71 bits per heavy atom. The monoisotopic (exact) mass is 408 g/mol. The van der Waals surface area contributed by atoms with Gasteiger partial charge in [0.15, 0.2) is 0 Å². The summed E-state index contributed by atoms with van der Waals surface area (Å²) >= 11 is 0. The summed E-state index contributed by atoms with van der Waals surface area (Å²) in [4.78, 5) is 30.6. The number of para-hydroxylation sites is 1. The molecule has 9 heteroatoms. The Labute approximate surface area is 166 Å². The molecule has 0 aromatic heterocycles. The first-order valence-electron chi connectivity index (χ1n) is 9.65. The number of anilines is 1. The maximum Gasteiger partial charge on any atom is 0.223 e. The van der Waals surface area contributed by atoms with Crippen molar-refractivity contribution in [2.75, 3.05) is 63.5 Å². The number of carbonyl (C=O) groups is 2. The van der Waals surface area contributed by atoms with Gasteiger partial charge in [-0.3, -0.25) is 9.59 Å². The van der Waals surface area contributed by atoms with Crippen molar-refractivity contribution < 1.29 is 18.0 Å². The van der Waals surface area contributed by atoms with Crippen LogP contribution in [-0.2, 0) is 19.6 Å². The van der Waals surface area contributed by atoms with Gasteiger partial charge in [-0.15, -0.1) is 0 Å². The van der Waals surface area contributed by atoms with Crippen LogP contribution >= 0.6 is 0 Å². The van der Waals surface area contributed by atoms with Crippen molar-refractivity contribution in [1.29, 1.82) is 0 Å². The summed E-state index contributed by atoms with van der Waals surface area (Å²) in [5, 5.41) is 0. The van der Waals surface area contributed by atoms with Gasteiger partial charge in [0.1, 0.15) is 0 Å². The lowest BCUT2D eigenvalue weighted by atomic mass is 10.2. The minimum Gasteiger partial charge on any atom is -0.368 e. The second-order valence-corrected chi connectivity index (χ2v) is 9.23. The number of nitrogens with zero attached hydrogens (tertiary/aromatic N) is 4. The Balaban J connectivity index is 1.39. The molecule has 0 unspecified atom stereocenters. The Hall–Kier alpha value is -2.13. The Morgan fingerprint density at radius 1 is 0.786 bits per heavy atom. The molecule has 28 heavy (non-hydrogen) atoms.